The Bertz CT molecular complexity index is 1790. The van der Waals surface area contributed by atoms with Gasteiger partial charge < -0.3 is 33.8 Å². The molecule has 0 spiro atoms. The van der Waals surface area contributed by atoms with Crippen LogP contribution >= 0.6 is 15.6 Å². The summed E-state index contributed by atoms with van der Waals surface area (Å²) >= 11 is 0. The number of esters is 4. The van der Waals surface area contributed by atoms with Crippen LogP contribution in [-0.4, -0.2) is 96.7 Å². The highest BCUT2D eigenvalue weighted by molar-refractivity contribution is 7.47. The fourth-order valence-electron chi connectivity index (χ4n) is 9.44. The monoisotopic (exact) mass is 1260 g/mol. The van der Waals surface area contributed by atoms with Crippen molar-refractivity contribution in [3.63, 3.8) is 0 Å². The second-order valence-electron chi connectivity index (χ2n) is 24.7. The van der Waals surface area contributed by atoms with E-state index in [0.29, 0.717) is 31.6 Å². The van der Waals surface area contributed by atoms with E-state index < -0.39 is 97.5 Å². The van der Waals surface area contributed by atoms with Crippen LogP contribution in [-0.2, 0) is 65.4 Å². The van der Waals surface area contributed by atoms with Gasteiger partial charge in [-0.15, -0.1) is 0 Å². The zero-order valence-electron chi connectivity index (χ0n) is 55.3. The lowest BCUT2D eigenvalue weighted by Gasteiger charge is -2.21. The van der Waals surface area contributed by atoms with Gasteiger partial charge in [-0.3, -0.25) is 37.3 Å². The zero-order valence-corrected chi connectivity index (χ0v) is 57.0. The number of carbonyl (C=O) groups is 4. The van der Waals surface area contributed by atoms with Gasteiger partial charge in [-0.1, -0.05) is 253 Å². The van der Waals surface area contributed by atoms with Crippen LogP contribution in [0.1, 0.15) is 305 Å². The molecule has 0 aliphatic carbocycles. The van der Waals surface area contributed by atoms with Crippen molar-refractivity contribution in [3.8, 4) is 0 Å². The Labute approximate surface area is 522 Å². The van der Waals surface area contributed by atoms with Crippen LogP contribution in [0.15, 0.2) is 24.3 Å². The Morgan fingerprint density at radius 1 is 0.384 bits per heavy atom. The summed E-state index contributed by atoms with van der Waals surface area (Å²) in [5.41, 5.74) is 0. The topological polar surface area (TPSA) is 237 Å². The third-order valence-corrected chi connectivity index (χ3v) is 17.0. The number of allylic oxidation sites excluding steroid dienone is 4. The molecule has 0 aromatic heterocycles. The number of aliphatic hydroxyl groups is 1. The molecule has 0 saturated carbocycles. The molecule has 0 amide bonds. The summed E-state index contributed by atoms with van der Waals surface area (Å²) in [4.78, 5) is 72.3. The molecule has 0 saturated heterocycles. The van der Waals surface area contributed by atoms with Gasteiger partial charge in [0.15, 0.2) is 12.2 Å². The van der Waals surface area contributed by atoms with Crippen LogP contribution in [0.2, 0.25) is 0 Å². The fourth-order valence-corrected chi connectivity index (χ4v) is 11.0. The van der Waals surface area contributed by atoms with Crippen molar-refractivity contribution in [2.45, 2.75) is 324 Å². The number of hydrogen-bond acceptors (Lipinski definition) is 15. The lowest BCUT2D eigenvalue weighted by Crippen LogP contribution is -2.30. The predicted octanol–water partition coefficient (Wildman–Crippen LogP) is 18.2. The highest BCUT2D eigenvalue weighted by atomic mass is 31.2. The molecule has 0 bridgehead atoms. The van der Waals surface area contributed by atoms with Crippen molar-refractivity contribution in [1.82, 2.24) is 0 Å². The van der Waals surface area contributed by atoms with E-state index >= 15 is 0 Å². The first kappa shape index (κ1) is 83.5. The highest BCUT2D eigenvalue weighted by Crippen LogP contribution is 2.45. The van der Waals surface area contributed by atoms with Crippen LogP contribution in [0, 0.1) is 17.8 Å². The average molecular weight is 1270 g/mol. The van der Waals surface area contributed by atoms with Crippen molar-refractivity contribution in [2.75, 3.05) is 39.6 Å². The number of unbranched alkanes of at least 4 members (excludes halogenated alkanes) is 27. The van der Waals surface area contributed by atoms with E-state index in [9.17, 15) is 43.2 Å². The van der Waals surface area contributed by atoms with Gasteiger partial charge in [0.2, 0.25) is 0 Å². The lowest BCUT2D eigenvalue weighted by molar-refractivity contribution is -0.161. The normalized spacial score (nSPS) is 14.8. The van der Waals surface area contributed by atoms with E-state index in [-0.39, 0.29) is 25.7 Å². The van der Waals surface area contributed by atoms with Gasteiger partial charge in [0.25, 0.3) is 0 Å². The molecule has 0 radical (unpaired) electrons. The van der Waals surface area contributed by atoms with Crippen molar-refractivity contribution in [1.29, 1.82) is 0 Å². The van der Waals surface area contributed by atoms with Gasteiger partial charge in [0.05, 0.1) is 26.4 Å². The molecule has 86 heavy (non-hydrogen) atoms. The van der Waals surface area contributed by atoms with E-state index in [1.54, 1.807) is 0 Å². The quantitative estimate of drug-likeness (QED) is 0.0169. The molecule has 0 aromatic carbocycles. The Kier molecular flexibility index (Phi) is 56.0. The third-order valence-electron chi connectivity index (χ3n) is 15.1. The first-order valence-corrected chi connectivity index (χ1v) is 37.2. The number of carbonyl (C=O) groups excluding carboxylic acids is 4. The largest absolute Gasteiger partial charge is 0.472 e. The summed E-state index contributed by atoms with van der Waals surface area (Å²) in [7, 11) is -9.91. The maximum Gasteiger partial charge on any atom is 0.472 e. The van der Waals surface area contributed by atoms with E-state index in [1.807, 2.05) is 0 Å². The molecule has 3 unspecified atom stereocenters. The molecule has 0 heterocycles. The number of rotatable bonds is 63. The third kappa shape index (κ3) is 59.2. The molecule has 19 heteroatoms. The molecule has 506 valence electrons. The molecule has 6 atom stereocenters. The molecular formula is C67H126O17P2. The Morgan fingerprint density at radius 2 is 0.686 bits per heavy atom. The Morgan fingerprint density at radius 3 is 1.03 bits per heavy atom. The van der Waals surface area contributed by atoms with Crippen molar-refractivity contribution < 1.29 is 80.2 Å². The van der Waals surface area contributed by atoms with Crippen molar-refractivity contribution in [2.24, 2.45) is 17.8 Å². The first-order valence-electron chi connectivity index (χ1n) is 34.2. The maximum atomic E-state index is 13.0. The summed E-state index contributed by atoms with van der Waals surface area (Å²) in [6.07, 6.45) is 42.8. The Hall–Kier alpha value is -2.46. The maximum absolute atomic E-state index is 13.0. The van der Waals surface area contributed by atoms with Gasteiger partial charge in [-0.2, -0.15) is 0 Å². The van der Waals surface area contributed by atoms with Gasteiger partial charge >= 0.3 is 39.5 Å². The number of ether oxygens (including phenoxy) is 4. The van der Waals surface area contributed by atoms with Gasteiger partial charge in [0.1, 0.15) is 19.3 Å². The lowest BCUT2D eigenvalue weighted by atomic mass is 10.00. The number of phosphoric acid groups is 2. The summed E-state index contributed by atoms with van der Waals surface area (Å²) in [5.74, 6) is -0.0374. The first-order chi connectivity index (χ1) is 41.3. The minimum absolute atomic E-state index is 0.0977. The van der Waals surface area contributed by atoms with E-state index in [1.165, 1.54) is 89.9 Å². The van der Waals surface area contributed by atoms with Crippen LogP contribution in [0.5, 0.6) is 0 Å². The highest BCUT2D eigenvalue weighted by Gasteiger charge is 2.30. The molecule has 3 N–H and O–H groups in total. The van der Waals surface area contributed by atoms with Crippen molar-refractivity contribution >= 4 is 39.5 Å². The van der Waals surface area contributed by atoms with Gasteiger partial charge in [0, 0.05) is 25.7 Å². The fraction of sp³-hybridized carbons (Fsp3) is 0.881. The van der Waals surface area contributed by atoms with Crippen LogP contribution in [0.25, 0.3) is 0 Å². The summed E-state index contributed by atoms with van der Waals surface area (Å²) in [5, 5.41) is 10.5. The molecular weight excluding hydrogens is 1140 g/mol. The molecule has 0 aliphatic rings. The molecule has 0 aliphatic heterocycles. The summed E-state index contributed by atoms with van der Waals surface area (Å²) < 4.78 is 68.0. The molecule has 0 rings (SSSR count). The van der Waals surface area contributed by atoms with Crippen LogP contribution < -0.4 is 0 Å². The second-order valence-corrected chi connectivity index (χ2v) is 27.6. The molecule has 0 fully saturated rings. The van der Waals surface area contributed by atoms with Crippen LogP contribution in [0.3, 0.4) is 0 Å². The number of aliphatic hydroxyl groups excluding tert-OH is 1. The van der Waals surface area contributed by atoms with Crippen LogP contribution in [0.4, 0.5) is 0 Å². The summed E-state index contributed by atoms with van der Waals surface area (Å²) in [6, 6.07) is 0. The smallest absolute Gasteiger partial charge is 0.462 e. The number of phosphoric ester groups is 2. The van der Waals surface area contributed by atoms with Gasteiger partial charge in [-0.05, 0) is 69.1 Å². The van der Waals surface area contributed by atoms with E-state index in [2.05, 4.69) is 72.8 Å². The average Bonchev–Trinajstić information content (AvgIpc) is 3.66. The summed E-state index contributed by atoms with van der Waals surface area (Å²) in [6.45, 7) is 11.6. The van der Waals surface area contributed by atoms with E-state index in [4.69, 9.17) is 37.0 Å². The minimum Gasteiger partial charge on any atom is -0.462 e. The SMILES string of the molecule is CCCCCC/C=C\C=C/CCCCCCCC(=O)OC[C@H](COP(=O)(O)OC[C@@H](O)COP(=O)(O)OC[C@@H](COC(=O)CCCCCCCCC(C)C)OC(=O)CCCCCCCCC(C)CC)OC(=O)CCCCCCCCCCCC(C)C. The predicted molar refractivity (Wildman–Crippen MR) is 344 cm³/mol. The standard InChI is InChI=1S/C67H126O17P2/c1-8-10-11-12-13-14-15-16-17-18-19-22-25-34-41-48-64(69)77-54-62(83-66(71)50-43-36-26-23-20-21-24-31-38-45-58(3)4)56-81-85(73,74)79-52-61(68)53-80-86(75,76)82-57-63(55-78-65(70)49-42-35-29-27-32-39-46-59(5)6)84-67(72)51-44-37-30-28-33-40-47-60(7)9-2/h14-17,58-63,68H,8-13,18-57H2,1-7H3,(H,73,74)(H,75,76)/b15-14-,17-16-/t60?,61-,62-,63-/m1/s1. The molecule has 17 nitrogen and oxygen atoms in total. The second kappa shape index (κ2) is 57.7. The van der Waals surface area contributed by atoms with E-state index in [0.717, 1.165) is 127 Å². The van der Waals surface area contributed by atoms with Crippen molar-refractivity contribution in [3.05, 3.63) is 24.3 Å². The minimum atomic E-state index is -4.96. The van der Waals surface area contributed by atoms with Gasteiger partial charge in [-0.25, -0.2) is 9.13 Å². The zero-order chi connectivity index (χ0) is 63.8. The molecule has 0 aromatic rings. The Balaban J connectivity index is 5.28. The number of hydrogen-bond donors (Lipinski definition) is 3.